The summed E-state index contributed by atoms with van der Waals surface area (Å²) in [5, 5.41) is 31.0. The van der Waals surface area contributed by atoms with Gasteiger partial charge in [-0.05, 0) is 68.5 Å². The summed E-state index contributed by atoms with van der Waals surface area (Å²) in [6.07, 6.45) is 25.9. The van der Waals surface area contributed by atoms with Gasteiger partial charge in [-0.1, -0.05) is 162 Å². The topological polar surface area (TPSA) is 312 Å². The number of methoxy groups -OCH3 is 1. The quantitative estimate of drug-likeness (QED) is 0.00551. The average molecular weight is 1240 g/mol. The van der Waals surface area contributed by atoms with Gasteiger partial charge >= 0.3 is 11.9 Å². The van der Waals surface area contributed by atoms with Crippen LogP contribution in [0.2, 0.25) is 0 Å². The molecule has 21 heteroatoms. The van der Waals surface area contributed by atoms with Crippen molar-refractivity contribution in [2.45, 2.75) is 218 Å². The van der Waals surface area contributed by atoms with Gasteiger partial charge in [0, 0.05) is 80.1 Å². The minimum atomic E-state index is -0.766. The lowest BCUT2D eigenvalue weighted by atomic mass is 10.0. The molecule has 0 spiro atoms. The number of halogens is 1. The number of aliphatic hydroxyl groups is 2. The fourth-order valence-corrected chi connectivity index (χ4v) is 5.18. The molecular weight excluding hydrogens is 1120 g/mol. The highest BCUT2D eigenvalue weighted by Gasteiger charge is 2.14. The monoisotopic (exact) mass is 1240 g/mol. The Morgan fingerprint density at radius 3 is 1.36 bits per heavy atom. The number of nitrogens with one attached hydrogen (secondary N) is 6. The largest absolute Gasteiger partial charge is 0.469 e. The molecule has 0 aliphatic rings. The highest BCUT2D eigenvalue weighted by atomic mass is 127. The number of esters is 1. The SMILES string of the molecule is C#C.CC.CC.CC.CC(N)=O.CCC.CCC(C)/C(C)=C\NC.CCI.CO.CO.COOC(=O)CCCCCCCCCCCCC(=O)NCCNCC[C@H](N)C(=O)NCC(=O)NCCCNC(=O)CCCC(=O)OC. The van der Waals surface area contributed by atoms with E-state index in [1.165, 1.54) is 69.7 Å². The van der Waals surface area contributed by atoms with Crippen molar-refractivity contribution in [1.29, 1.82) is 0 Å². The number of amides is 5. The van der Waals surface area contributed by atoms with Gasteiger partial charge in [0.2, 0.25) is 29.5 Å². The number of aliphatic hydroxyl groups excluding tert-OH is 2. The molecule has 5 amide bonds. The number of carbonyl (C=O) groups is 7. The van der Waals surface area contributed by atoms with Gasteiger partial charge in [0.05, 0.1) is 26.8 Å². The molecule has 0 aliphatic heterocycles. The van der Waals surface area contributed by atoms with Crippen LogP contribution in [0.5, 0.6) is 0 Å². The first kappa shape index (κ1) is 99.3. The Morgan fingerprint density at radius 2 is 0.962 bits per heavy atom. The van der Waals surface area contributed by atoms with Crippen LogP contribution in [0, 0.1) is 18.8 Å². The predicted molar refractivity (Wildman–Crippen MR) is 334 cm³/mol. The van der Waals surface area contributed by atoms with E-state index < -0.39 is 11.9 Å². The Kier molecular flexibility index (Phi) is 125. The Labute approximate surface area is 491 Å². The van der Waals surface area contributed by atoms with Crippen LogP contribution < -0.4 is 43.4 Å². The van der Waals surface area contributed by atoms with Gasteiger partial charge in [-0.15, -0.1) is 12.8 Å². The number of primary amides is 1. The molecule has 0 heterocycles. The van der Waals surface area contributed by atoms with E-state index in [4.69, 9.17) is 15.9 Å². The molecule has 0 bridgehead atoms. The van der Waals surface area contributed by atoms with E-state index in [0.717, 1.165) is 58.7 Å². The summed E-state index contributed by atoms with van der Waals surface area (Å²) in [5.41, 5.74) is 11.8. The lowest BCUT2D eigenvalue weighted by molar-refractivity contribution is -0.255. The molecule has 470 valence electrons. The van der Waals surface area contributed by atoms with Crippen molar-refractivity contribution in [1.82, 2.24) is 31.9 Å². The lowest BCUT2D eigenvalue weighted by Crippen LogP contribution is -2.46. The molecule has 0 aromatic carbocycles. The molecule has 20 nitrogen and oxygen atoms in total. The zero-order chi connectivity index (χ0) is 63.2. The normalized spacial score (nSPS) is 9.77. The number of rotatable bonds is 34. The summed E-state index contributed by atoms with van der Waals surface area (Å²) < 4.78 is 5.74. The molecule has 0 rings (SSSR count). The zero-order valence-electron chi connectivity index (χ0n) is 52.8. The molecule has 12 N–H and O–H groups in total. The van der Waals surface area contributed by atoms with Gasteiger partial charge in [-0.25, -0.2) is 4.79 Å². The van der Waals surface area contributed by atoms with Crippen LogP contribution in [0.3, 0.4) is 0 Å². The second kappa shape index (κ2) is 98.4. The van der Waals surface area contributed by atoms with Crippen molar-refractivity contribution in [2.24, 2.45) is 17.4 Å². The molecule has 0 saturated heterocycles. The molecule has 2 atom stereocenters. The number of allylic oxidation sites excluding steroid dienone is 1. The van der Waals surface area contributed by atoms with Crippen LogP contribution in [0.1, 0.15) is 212 Å². The van der Waals surface area contributed by atoms with Gasteiger partial charge in [0.25, 0.3) is 0 Å². The number of hydrogen-bond donors (Lipinski definition) is 10. The van der Waals surface area contributed by atoms with E-state index in [9.17, 15) is 33.6 Å². The van der Waals surface area contributed by atoms with E-state index in [1.807, 2.05) is 48.6 Å². The van der Waals surface area contributed by atoms with Crippen LogP contribution >= 0.6 is 22.6 Å². The summed E-state index contributed by atoms with van der Waals surface area (Å²) >= 11 is 2.29. The highest BCUT2D eigenvalue weighted by Crippen LogP contribution is 2.13. The molecular formula is C57H123IN8O12. The van der Waals surface area contributed by atoms with Crippen molar-refractivity contribution in [3.63, 3.8) is 0 Å². The van der Waals surface area contributed by atoms with Crippen LogP contribution in [-0.4, -0.2) is 137 Å². The summed E-state index contributed by atoms with van der Waals surface area (Å²) in [6.45, 7) is 28.4. The second-order valence-corrected chi connectivity index (χ2v) is 17.0. The Morgan fingerprint density at radius 1 is 0.590 bits per heavy atom. The molecule has 0 fully saturated rings. The molecule has 1 unspecified atom stereocenters. The van der Waals surface area contributed by atoms with Crippen molar-refractivity contribution in [3.05, 3.63) is 11.8 Å². The maximum Gasteiger partial charge on any atom is 0.342 e. The Balaban J connectivity index is -0.000000132. The first-order chi connectivity index (χ1) is 37.5. The minimum Gasteiger partial charge on any atom is -0.469 e. The number of nitrogens with two attached hydrogens (primary N) is 2. The van der Waals surface area contributed by atoms with Gasteiger partial charge < -0.3 is 58.3 Å². The van der Waals surface area contributed by atoms with Crippen LogP contribution in [0.25, 0.3) is 0 Å². The standard InChI is InChI=1S/C32H60N6O9.C8H17N.C3H8.C2H5I.C2H5NO.3C2H6.C2H2.2CH4O/c1-45-30(42)18-13-16-28(40)35-20-14-21-36-29(41)25-38-32(44)26(33)19-22-34-23-24-37-27(39)15-11-9-7-5-3-4-6-8-10-12-17-31(43)47-46-2;1-5-7(2)8(3)6-9-4;1-3-2;1-2-3;1-2(3)4;6*1-2/h26,34H,3-25,33H2,1-2H3,(H,35,40)(H,36,41)(H,37,39)(H,38,44);6-7,9H,5H2,1-4H3;3H2,1-2H3;2H2,1H3;1H3,(H2,3,4);3*1-2H3;1-2H;2*2H,1H3/b;8-6-;;;;;;;;;/t26-;;;;;;;;;;/m0........../s1. The van der Waals surface area contributed by atoms with Crippen molar-refractivity contribution in [2.75, 3.05) is 79.2 Å². The fraction of sp³-hybridized carbons (Fsp3) is 0.807. The number of carbonyl (C=O) groups excluding carboxylic acids is 7. The number of hydrogen-bond acceptors (Lipinski definition) is 15. The number of alkyl halides is 1. The second-order valence-electron chi connectivity index (χ2n) is 15.4. The molecule has 0 radical (unpaired) electrons. The number of terminal acetylenes is 1. The third-order valence-corrected chi connectivity index (χ3v) is 9.00. The third kappa shape index (κ3) is 112. The summed E-state index contributed by atoms with van der Waals surface area (Å²) in [7, 11) is 6.56. The first-order valence-corrected chi connectivity index (χ1v) is 29.7. The van der Waals surface area contributed by atoms with E-state index in [0.29, 0.717) is 64.8 Å². The predicted octanol–water partition coefficient (Wildman–Crippen LogP) is 8.33. The molecule has 78 heavy (non-hydrogen) atoms. The molecule has 0 aliphatic carbocycles. The van der Waals surface area contributed by atoms with Gasteiger partial charge in [-0.2, -0.15) is 4.89 Å². The zero-order valence-corrected chi connectivity index (χ0v) is 54.9. The van der Waals surface area contributed by atoms with Crippen LogP contribution in [0.4, 0.5) is 0 Å². The average Bonchev–Trinajstić information content (AvgIpc) is 3.44. The van der Waals surface area contributed by atoms with Crippen molar-refractivity contribution >= 4 is 64.1 Å². The van der Waals surface area contributed by atoms with Crippen LogP contribution in [-0.2, 0) is 48.1 Å². The van der Waals surface area contributed by atoms with E-state index >= 15 is 0 Å². The minimum absolute atomic E-state index is 0.0350. The van der Waals surface area contributed by atoms with Gasteiger partial charge in [0.1, 0.15) is 0 Å². The smallest absolute Gasteiger partial charge is 0.342 e. The van der Waals surface area contributed by atoms with E-state index in [-0.39, 0.29) is 55.0 Å². The maximum atomic E-state index is 12.1. The van der Waals surface area contributed by atoms with Crippen molar-refractivity contribution < 1.29 is 58.3 Å². The van der Waals surface area contributed by atoms with Gasteiger partial charge in [0.15, 0.2) is 0 Å². The molecule has 0 saturated carbocycles. The molecule has 0 aromatic heterocycles. The van der Waals surface area contributed by atoms with E-state index in [2.05, 4.69) is 135 Å². The number of unbranched alkanes of at least 4 members (excludes halogenated alkanes) is 9. The van der Waals surface area contributed by atoms with E-state index in [1.54, 1.807) is 0 Å². The first-order valence-electron chi connectivity index (χ1n) is 28.2. The third-order valence-electron chi connectivity index (χ3n) is 9.00. The molecule has 0 aromatic rings. The lowest BCUT2D eigenvalue weighted by Gasteiger charge is -2.13. The maximum absolute atomic E-state index is 12.1. The van der Waals surface area contributed by atoms with Crippen molar-refractivity contribution in [3.8, 4) is 12.8 Å². The summed E-state index contributed by atoms with van der Waals surface area (Å²) in [5.74, 6) is -1.19. The highest BCUT2D eigenvalue weighted by molar-refractivity contribution is 14.1. The Bertz CT molecular complexity index is 1280. The Hall–Kier alpha value is -4.08. The fourth-order valence-electron chi connectivity index (χ4n) is 5.18. The summed E-state index contributed by atoms with van der Waals surface area (Å²) in [4.78, 5) is 88.0. The van der Waals surface area contributed by atoms with Gasteiger partial charge in [-0.3, -0.25) is 33.7 Å². The summed E-state index contributed by atoms with van der Waals surface area (Å²) in [6, 6.07) is -0.766. The van der Waals surface area contributed by atoms with Crippen LogP contribution in [0.15, 0.2) is 11.8 Å². The number of ether oxygens (including phenoxy) is 1.